The SMILES string of the molecule is Nc1ccc(/C=C/C2Nc3ccccc3O2)cc1. The molecule has 0 aliphatic carbocycles. The molecule has 0 aromatic heterocycles. The third-order valence-electron chi connectivity index (χ3n) is 2.84. The number of ether oxygens (including phenoxy) is 1. The van der Waals surface area contributed by atoms with Crippen molar-refractivity contribution in [3.05, 3.63) is 60.2 Å². The Morgan fingerprint density at radius 2 is 1.83 bits per heavy atom. The zero-order chi connectivity index (χ0) is 12.4. The second-order valence-corrected chi connectivity index (χ2v) is 4.20. The molecule has 3 nitrogen and oxygen atoms in total. The first-order chi connectivity index (χ1) is 8.81. The molecule has 90 valence electrons. The number of nitrogen functional groups attached to an aromatic ring is 1. The molecule has 2 aromatic rings. The van der Waals surface area contributed by atoms with Crippen molar-refractivity contribution in [3.63, 3.8) is 0 Å². The molecule has 2 aromatic carbocycles. The summed E-state index contributed by atoms with van der Waals surface area (Å²) in [4.78, 5) is 0. The quantitative estimate of drug-likeness (QED) is 0.790. The van der Waals surface area contributed by atoms with Gasteiger partial charge in [-0.3, -0.25) is 0 Å². The highest BCUT2D eigenvalue weighted by molar-refractivity contribution is 5.62. The van der Waals surface area contributed by atoms with Crippen molar-refractivity contribution >= 4 is 17.5 Å². The van der Waals surface area contributed by atoms with Gasteiger partial charge in [0.15, 0.2) is 6.23 Å². The minimum Gasteiger partial charge on any atom is -0.465 e. The van der Waals surface area contributed by atoms with Crippen LogP contribution in [-0.2, 0) is 0 Å². The molecule has 0 saturated heterocycles. The van der Waals surface area contributed by atoms with E-state index < -0.39 is 0 Å². The molecule has 1 atom stereocenters. The molecule has 0 bridgehead atoms. The van der Waals surface area contributed by atoms with Crippen LogP contribution in [0.25, 0.3) is 6.08 Å². The van der Waals surface area contributed by atoms with Gasteiger partial charge in [0.05, 0.1) is 5.69 Å². The smallest absolute Gasteiger partial charge is 0.189 e. The Bertz CT molecular complexity index is 550. The number of fused-ring (bicyclic) bond motifs is 1. The Hall–Kier alpha value is -2.42. The number of para-hydroxylation sites is 2. The third kappa shape index (κ3) is 2.15. The maximum absolute atomic E-state index is 5.73. The van der Waals surface area contributed by atoms with Crippen LogP contribution in [0.1, 0.15) is 5.56 Å². The summed E-state index contributed by atoms with van der Waals surface area (Å²) >= 11 is 0. The van der Waals surface area contributed by atoms with Crippen molar-refractivity contribution in [2.45, 2.75) is 6.23 Å². The molecule has 1 aliphatic rings. The van der Waals surface area contributed by atoms with Gasteiger partial charge < -0.3 is 15.8 Å². The summed E-state index contributed by atoms with van der Waals surface area (Å²) in [6.45, 7) is 0. The van der Waals surface area contributed by atoms with Crippen molar-refractivity contribution in [1.29, 1.82) is 0 Å². The number of nitrogens with two attached hydrogens (primary N) is 1. The molecule has 0 amide bonds. The average Bonchev–Trinajstić information content (AvgIpc) is 2.81. The van der Waals surface area contributed by atoms with Crippen LogP contribution in [0.15, 0.2) is 54.6 Å². The van der Waals surface area contributed by atoms with Crippen LogP contribution in [0.4, 0.5) is 11.4 Å². The average molecular weight is 238 g/mol. The van der Waals surface area contributed by atoms with Gasteiger partial charge in [-0.05, 0) is 35.9 Å². The van der Waals surface area contributed by atoms with Gasteiger partial charge in [-0.2, -0.15) is 0 Å². The van der Waals surface area contributed by atoms with Gasteiger partial charge >= 0.3 is 0 Å². The number of hydrogen-bond donors (Lipinski definition) is 2. The van der Waals surface area contributed by atoms with Gasteiger partial charge in [-0.15, -0.1) is 0 Å². The second-order valence-electron chi connectivity index (χ2n) is 4.20. The predicted molar refractivity (Wildman–Crippen MR) is 74.4 cm³/mol. The highest BCUT2D eigenvalue weighted by atomic mass is 16.5. The van der Waals surface area contributed by atoms with Crippen LogP contribution in [-0.4, -0.2) is 6.23 Å². The number of anilines is 2. The van der Waals surface area contributed by atoms with Crippen LogP contribution >= 0.6 is 0 Å². The fourth-order valence-corrected chi connectivity index (χ4v) is 1.90. The Kier molecular flexibility index (Phi) is 2.65. The lowest BCUT2D eigenvalue weighted by molar-refractivity contribution is 0.303. The molecular formula is C15H14N2O. The van der Waals surface area contributed by atoms with E-state index in [1.807, 2.05) is 60.7 Å². The Balaban J connectivity index is 1.71. The fraction of sp³-hybridized carbons (Fsp3) is 0.0667. The minimum atomic E-state index is -0.111. The fourth-order valence-electron chi connectivity index (χ4n) is 1.90. The normalized spacial score (nSPS) is 17.2. The van der Waals surface area contributed by atoms with E-state index in [0.717, 1.165) is 22.7 Å². The predicted octanol–water partition coefficient (Wildman–Crippen LogP) is 3.11. The molecule has 3 heteroatoms. The molecule has 3 N–H and O–H groups in total. The van der Waals surface area contributed by atoms with Gasteiger partial charge in [-0.25, -0.2) is 0 Å². The van der Waals surface area contributed by atoms with Crippen LogP contribution in [0.5, 0.6) is 5.75 Å². The molecule has 0 spiro atoms. The minimum absolute atomic E-state index is 0.111. The van der Waals surface area contributed by atoms with Crippen molar-refractivity contribution in [2.75, 3.05) is 11.1 Å². The largest absolute Gasteiger partial charge is 0.465 e. The van der Waals surface area contributed by atoms with E-state index in [1.165, 1.54) is 0 Å². The first-order valence-electron chi connectivity index (χ1n) is 5.87. The highest BCUT2D eigenvalue weighted by Crippen LogP contribution is 2.31. The van der Waals surface area contributed by atoms with E-state index in [2.05, 4.69) is 5.32 Å². The van der Waals surface area contributed by atoms with Gasteiger partial charge in [-0.1, -0.05) is 30.3 Å². The van der Waals surface area contributed by atoms with E-state index >= 15 is 0 Å². The zero-order valence-electron chi connectivity index (χ0n) is 9.84. The van der Waals surface area contributed by atoms with Crippen molar-refractivity contribution in [3.8, 4) is 5.75 Å². The molecule has 0 fully saturated rings. The van der Waals surface area contributed by atoms with E-state index in [0.29, 0.717) is 0 Å². The molecule has 1 unspecified atom stereocenters. The topological polar surface area (TPSA) is 47.3 Å². The third-order valence-corrected chi connectivity index (χ3v) is 2.84. The van der Waals surface area contributed by atoms with E-state index in [-0.39, 0.29) is 6.23 Å². The van der Waals surface area contributed by atoms with Gasteiger partial charge in [0.25, 0.3) is 0 Å². The monoisotopic (exact) mass is 238 g/mol. The molecule has 0 radical (unpaired) electrons. The Labute approximate surface area is 106 Å². The second kappa shape index (κ2) is 4.45. The van der Waals surface area contributed by atoms with Crippen molar-refractivity contribution in [2.24, 2.45) is 0 Å². The molecule has 3 rings (SSSR count). The Morgan fingerprint density at radius 1 is 1.06 bits per heavy atom. The number of rotatable bonds is 2. The maximum Gasteiger partial charge on any atom is 0.189 e. The summed E-state index contributed by atoms with van der Waals surface area (Å²) in [5.41, 5.74) is 8.55. The van der Waals surface area contributed by atoms with Crippen LogP contribution < -0.4 is 15.8 Å². The number of benzene rings is 2. The molecule has 18 heavy (non-hydrogen) atoms. The van der Waals surface area contributed by atoms with Crippen LogP contribution in [0, 0.1) is 0 Å². The molecule has 1 heterocycles. The van der Waals surface area contributed by atoms with Crippen LogP contribution in [0.2, 0.25) is 0 Å². The lowest BCUT2D eigenvalue weighted by Crippen LogP contribution is -2.16. The van der Waals surface area contributed by atoms with Gasteiger partial charge in [0, 0.05) is 5.69 Å². The summed E-state index contributed by atoms with van der Waals surface area (Å²) in [6.07, 6.45) is 3.90. The summed E-state index contributed by atoms with van der Waals surface area (Å²) in [5.74, 6) is 0.893. The van der Waals surface area contributed by atoms with Gasteiger partial charge in [0.1, 0.15) is 5.75 Å². The zero-order valence-corrected chi connectivity index (χ0v) is 9.84. The van der Waals surface area contributed by atoms with Crippen molar-refractivity contribution in [1.82, 2.24) is 0 Å². The molecule has 0 saturated carbocycles. The van der Waals surface area contributed by atoms with E-state index in [1.54, 1.807) is 0 Å². The summed E-state index contributed by atoms with van der Waals surface area (Å²) in [7, 11) is 0. The first kappa shape index (κ1) is 10.7. The maximum atomic E-state index is 5.73. The highest BCUT2D eigenvalue weighted by Gasteiger charge is 2.17. The molecule has 1 aliphatic heterocycles. The van der Waals surface area contributed by atoms with E-state index in [4.69, 9.17) is 10.5 Å². The standard InChI is InChI=1S/C15H14N2O/c16-12-8-5-11(6-9-12)7-10-15-17-13-3-1-2-4-14(13)18-15/h1-10,15,17H,16H2/b10-7+. The summed E-state index contributed by atoms with van der Waals surface area (Å²) in [5, 5.41) is 3.28. The van der Waals surface area contributed by atoms with Crippen LogP contribution in [0.3, 0.4) is 0 Å². The van der Waals surface area contributed by atoms with E-state index in [9.17, 15) is 0 Å². The molecular weight excluding hydrogens is 224 g/mol. The Morgan fingerprint density at radius 3 is 2.61 bits per heavy atom. The lowest BCUT2D eigenvalue weighted by atomic mass is 10.2. The summed E-state index contributed by atoms with van der Waals surface area (Å²) < 4.78 is 5.73. The number of nitrogens with one attached hydrogen (secondary N) is 1. The number of hydrogen-bond acceptors (Lipinski definition) is 3. The summed E-state index contributed by atoms with van der Waals surface area (Å²) in [6, 6.07) is 15.6. The van der Waals surface area contributed by atoms with Gasteiger partial charge in [0.2, 0.25) is 0 Å². The van der Waals surface area contributed by atoms with Crippen molar-refractivity contribution < 1.29 is 4.74 Å². The lowest BCUT2D eigenvalue weighted by Gasteiger charge is -2.05. The first-order valence-corrected chi connectivity index (χ1v) is 5.87.